The molecule has 0 aromatic heterocycles. The molecule has 2 aliphatic rings. The number of benzene rings is 1. The molecule has 0 unspecified atom stereocenters. The third-order valence-electron chi connectivity index (χ3n) is 6.71. The Morgan fingerprint density at radius 2 is 1.46 bits per heavy atom. The minimum Gasteiger partial charge on any atom is -0.206 e. The van der Waals surface area contributed by atoms with Crippen LogP contribution >= 0.6 is 0 Å². The van der Waals surface area contributed by atoms with Crippen LogP contribution in [0.15, 0.2) is 42.5 Å². The maximum Gasteiger partial charge on any atom is 0.419 e. The van der Waals surface area contributed by atoms with Gasteiger partial charge in [-0.05, 0) is 99.7 Å². The van der Waals surface area contributed by atoms with Gasteiger partial charge in [0, 0.05) is 0 Å². The summed E-state index contributed by atoms with van der Waals surface area (Å²) in [7, 11) is 0. The predicted octanol–water partition coefficient (Wildman–Crippen LogP) is 8.06. The maximum absolute atomic E-state index is 13.9. The molecule has 0 aliphatic heterocycles. The molecule has 1 aromatic carbocycles. The molecule has 3 rings (SSSR count). The van der Waals surface area contributed by atoms with Gasteiger partial charge < -0.3 is 0 Å². The largest absolute Gasteiger partial charge is 0.419 e. The van der Waals surface area contributed by atoms with E-state index < -0.39 is 17.6 Å². The molecule has 4 heteroatoms. The van der Waals surface area contributed by atoms with Crippen LogP contribution < -0.4 is 0 Å². The lowest BCUT2D eigenvalue weighted by molar-refractivity contribution is -0.140. The second-order valence-corrected chi connectivity index (χ2v) is 8.43. The highest BCUT2D eigenvalue weighted by Gasteiger charge is 2.35. The SMILES string of the molecule is C/C=C/C=C/C1CCC(C2CCC(c3ccc(C(F)(F)F)c(F)c3)CC2)CC1. The summed E-state index contributed by atoms with van der Waals surface area (Å²) in [5.41, 5.74) is -0.438. The number of halogens is 4. The molecule has 2 fully saturated rings. The summed E-state index contributed by atoms with van der Waals surface area (Å²) < 4.78 is 52.1. The Bertz CT molecular complexity index is 685. The van der Waals surface area contributed by atoms with Gasteiger partial charge in [0.15, 0.2) is 0 Å². The fourth-order valence-corrected chi connectivity index (χ4v) is 5.08. The molecule has 0 amide bonds. The minimum atomic E-state index is -4.62. The van der Waals surface area contributed by atoms with Crippen LogP contribution in [0, 0.1) is 23.6 Å². The van der Waals surface area contributed by atoms with Crippen molar-refractivity contribution in [3.63, 3.8) is 0 Å². The molecule has 0 saturated heterocycles. The van der Waals surface area contributed by atoms with Gasteiger partial charge in [-0.1, -0.05) is 30.4 Å². The van der Waals surface area contributed by atoms with Crippen molar-refractivity contribution >= 4 is 0 Å². The van der Waals surface area contributed by atoms with Crippen LogP contribution in [0.25, 0.3) is 0 Å². The third kappa shape index (κ3) is 5.27. The molecule has 0 radical (unpaired) electrons. The topological polar surface area (TPSA) is 0 Å². The van der Waals surface area contributed by atoms with Gasteiger partial charge in [0.25, 0.3) is 0 Å². The number of rotatable bonds is 4. The number of alkyl halides is 3. The number of allylic oxidation sites excluding steroid dienone is 4. The van der Waals surface area contributed by atoms with Crippen LogP contribution in [0.3, 0.4) is 0 Å². The van der Waals surface area contributed by atoms with Crippen molar-refractivity contribution in [2.75, 3.05) is 0 Å². The molecule has 0 bridgehead atoms. The quantitative estimate of drug-likeness (QED) is 0.358. The lowest BCUT2D eigenvalue weighted by atomic mass is 9.68. The summed E-state index contributed by atoms with van der Waals surface area (Å²) in [6.45, 7) is 2.02. The zero-order chi connectivity index (χ0) is 20.1. The Morgan fingerprint density at radius 3 is 2.00 bits per heavy atom. The molecule has 28 heavy (non-hydrogen) atoms. The van der Waals surface area contributed by atoms with Crippen molar-refractivity contribution in [2.24, 2.45) is 17.8 Å². The Kier molecular flexibility index (Phi) is 7.00. The van der Waals surface area contributed by atoms with Crippen LogP contribution in [-0.2, 0) is 6.18 Å². The molecule has 0 heterocycles. The molecule has 2 aliphatic carbocycles. The van der Waals surface area contributed by atoms with Crippen molar-refractivity contribution in [1.82, 2.24) is 0 Å². The van der Waals surface area contributed by atoms with E-state index in [1.807, 2.05) is 13.0 Å². The van der Waals surface area contributed by atoms with E-state index in [0.717, 1.165) is 55.2 Å². The van der Waals surface area contributed by atoms with Gasteiger partial charge in [-0.25, -0.2) is 4.39 Å². The third-order valence-corrected chi connectivity index (χ3v) is 6.71. The Hall–Kier alpha value is -1.58. The van der Waals surface area contributed by atoms with Gasteiger partial charge in [0.05, 0.1) is 5.56 Å². The number of hydrogen-bond donors (Lipinski definition) is 0. The smallest absolute Gasteiger partial charge is 0.206 e. The van der Waals surface area contributed by atoms with E-state index in [1.165, 1.54) is 31.7 Å². The van der Waals surface area contributed by atoms with E-state index in [4.69, 9.17) is 0 Å². The van der Waals surface area contributed by atoms with Gasteiger partial charge in [0.1, 0.15) is 5.82 Å². The predicted molar refractivity (Wildman–Crippen MR) is 106 cm³/mol. The van der Waals surface area contributed by atoms with Gasteiger partial charge in [0.2, 0.25) is 0 Å². The van der Waals surface area contributed by atoms with Crippen molar-refractivity contribution in [2.45, 2.75) is 70.4 Å². The van der Waals surface area contributed by atoms with Gasteiger partial charge in [-0.3, -0.25) is 0 Å². The van der Waals surface area contributed by atoms with Crippen molar-refractivity contribution in [1.29, 1.82) is 0 Å². The Morgan fingerprint density at radius 1 is 0.857 bits per heavy atom. The van der Waals surface area contributed by atoms with Gasteiger partial charge in [-0.2, -0.15) is 13.2 Å². The Labute approximate surface area is 165 Å². The summed E-state index contributed by atoms with van der Waals surface area (Å²) >= 11 is 0. The van der Waals surface area contributed by atoms with E-state index in [1.54, 1.807) is 0 Å². The first kappa shape index (κ1) is 21.1. The van der Waals surface area contributed by atoms with Crippen LogP contribution in [0.1, 0.15) is 75.3 Å². The maximum atomic E-state index is 13.9. The van der Waals surface area contributed by atoms with E-state index in [-0.39, 0.29) is 5.92 Å². The lowest BCUT2D eigenvalue weighted by Gasteiger charge is -2.37. The van der Waals surface area contributed by atoms with Crippen LogP contribution in [0.2, 0.25) is 0 Å². The fourth-order valence-electron chi connectivity index (χ4n) is 5.08. The summed E-state index contributed by atoms with van der Waals surface area (Å²) in [6.07, 6.45) is 13.2. The van der Waals surface area contributed by atoms with Crippen molar-refractivity contribution in [3.8, 4) is 0 Å². The average Bonchev–Trinajstić information content (AvgIpc) is 2.68. The second-order valence-electron chi connectivity index (χ2n) is 8.43. The van der Waals surface area contributed by atoms with E-state index in [2.05, 4.69) is 18.2 Å². The first-order valence-corrected chi connectivity index (χ1v) is 10.5. The minimum absolute atomic E-state index is 0.188. The second kappa shape index (κ2) is 9.28. The lowest BCUT2D eigenvalue weighted by Crippen LogP contribution is -2.25. The zero-order valence-electron chi connectivity index (χ0n) is 16.5. The molecule has 2 saturated carbocycles. The summed E-state index contributed by atoms with van der Waals surface area (Å²) in [5, 5.41) is 0. The van der Waals surface area contributed by atoms with Crippen LogP contribution in [0.4, 0.5) is 17.6 Å². The first-order valence-electron chi connectivity index (χ1n) is 10.5. The van der Waals surface area contributed by atoms with Gasteiger partial charge >= 0.3 is 6.18 Å². The first-order chi connectivity index (χ1) is 13.4. The zero-order valence-corrected chi connectivity index (χ0v) is 16.5. The molecular formula is C24H30F4. The van der Waals surface area contributed by atoms with Crippen LogP contribution in [-0.4, -0.2) is 0 Å². The highest BCUT2D eigenvalue weighted by Crippen LogP contribution is 2.44. The number of hydrogen-bond acceptors (Lipinski definition) is 0. The average molecular weight is 394 g/mol. The molecular weight excluding hydrogens is 364 g/mol. The Balaban J connectivity index is 1.51. The fraction of sp³-hybridized carbons (Fsp3) is 0.583. The molecule has 154 valence electrons. The van der Waals surface area contributed by atoms with Gasteiger partial charge in [-0.15, -0.1) is 0 Å². The highest BCUT2D eigenvalue weighted by molar-refractivity contribution is 5.29. The highest BCUT2D eigenvalue weighted by atomic mass is 19.4. The normalized spacial score (nSPS) is 29.6. The molecule has 0 N–H and O–H groups in total. The summed E-state index contributed by atoms with van der Waals surface area (Å²) in [5.74, 6) is 1.23. The summed E-state index contributed by atoms with van der Waals surface area (Å²) in [4.78, 5) is 0. The molecule has 1 aromatic rings. The van der Waals surface area contributed by atoms with E-state index in [9.17, 15) is 17.6 Å². The van der Waals surface area contributed by atoms with E-state index >= 15 is 0 Å². The molecule has 0 nitrogen and oxygen atoms in total. The van der Waals surface area contributed by atoms with Crippen LogP contribution in [0.5, 0.6) is 0 Å². The summed E-state index contributed by atoms with van der Waals surface area (Å²) in [6, 6.07) is 3.48. The van der Waals surface area contributed by atoms with Crippen molar-refractivity contribution < 1.29 is 17.6 Å². The van der Waals surface area contributed by atoms with Crippen molar-refractivity contribution in [3.05, 3.63) is 59.4 Å². The monoisotopic (exact) mass is 394 g/mol. The molecule has 0 atom stereocenters. The molecule has 0 spiro atoms. The standard InChI is InChI=1S/C24H30F4/c1-2-3-4-5-17-6-8-18(9-7-17)19-10-12-20(13-11-19)21-14-15-22(23(25)16-21)24(26,27)28/h2-5,14-20H,6-13H2,1H3/b3-2+,5-4+. The van der Waals surface area contributed by atoms with E-state index in [0.29, 0.717) is 5.92 Å².